The van der Waals surface area contributed by atoms with Crippen LogP contribution in [0.25, 0.3) is 0 Å². The van der Waals surface area contributed by atoms with Gasteiger partial charge < -0.3 is 20.4 Å². The van der Waals surface area contributed by atoms with Gasteiger partial charge >= 0.3 is 0 Å². The van der Waals surface area contributed by atoms with Crippen LogP contribution in [0.1, 0.15) is 28.8 Å². The largest absolute Gasteiger partial charge is 0.508 e. The van der Waals surface area contributed by atoms with E-state index in [1.165, 1.54) is 0 Å². The van der Waals surface area contributed by atoms with Gasteiger partial charge in [-0.15, -0.1) is 0 Å². The lowest BCUT2D eigenvalue weighted by molar-refractivity contribution is -0.124. The van der Waals surface area contributed by atoms with Crippen molar-refractivity contribution in [3.8, 4) is 5.75 Å². The molecule has 0 fully saturated rings. The lowest BCUT2D eigenvalue weighted by atomic mass is 10.0. The van der Waals surface area contributed by atoms with Crippen molar-refractivity contribution < 1.29 is 19.8 Å². The fourth-order valence-electron chi connectivity index (χ4n) is 1.82. The molecule has 1 amide bonds. The molecule has 0 aliphatic rings. The summed E-state index contributed by atoms with van der Waals surface area (Å²) in [4.78, 5) is 16.6. The minimum Gasteiger partial charge on any atom is -0.508 e. The Kier molecular flexibility index (Phi) is 8.58. The first-order valence-corrected chi connectivity index (χ1v) is 7.97. The fourth-order valence-corrected chi connectivity index (χ4v) is 2.81. The van der Waals surface area contributed by atoms with Crippen LogP contribution in [0.15, 0.2) is 24.3 Å². The zero-order valence-electron chi connectivity index (χ0n) is 11.7. The number of aromatic hydroxyl groups is 1. The van der Waals surface area contributed by atoms with E-state index in [1.807, 2.05) is 12.1 Å². The number of carbonyl (C=O) groups excluding carboxylic acids is 1. The molecule has 118 valence electrons. The molecule has 0 saturated heterocycles. The van der Waals surface area contributed by atoms with Crippen molar-refractivity contribution in [3.63, 3.8) is 0 Å². The summed E-state index contributed by atoms with van der Waals surface area (Å²) in [6, 6.07) is 6.92. The van der Waals surface area contributed by atoms with Crippen molar-refractivity contribution in [1.82, 2.24) is 5.32 Å². The average molecular weight is 408 g/mol. The second-order valence-corrected chi connectivity index (χ2v) is 6.19. The number of aliphatic hydroxyl groups is 1. The summed E-state index contributed by atoms with van der Waals surface area (Å²) in [5.74, 6) is 5.34. The van der Waals surface area contributed by atoms with Gasteiger partial charge in [-0.1, -0.05) is 34.7 Å². The van der Waals surface area contributed by atoms with E-state index < -0.39 is 0 Å². The highest BCUT2D eigenvalue weighted by atomic mass is 127. The van der Waals surface area contributed by atoms with Gasteiger partial charge in [0.25, 0.3) is 0 Å². The van der Waals surface area contributed by atoms with Gasteiger partial charge in [-0.2, -0.15) is 0 Å². The second kappa shape index (κ2) is 9.93. The Balaban J connectivity index is 2.45. The van der Waals surface area contributed by atoms with Crippen molar-refractivity contribution in [2.45, 2.75) is 29.3 Å². The first-order valence-electron chi connectivity index (χ1n) is 6.73. The quantitative estimate of drug-likeness (QED) is 0.214. The maximum Gasteiger partial charge on any atom is 0.222 e. The number of phenolic OH excluding ortho intramolecular Hbond substituents is 1. The highest BCUT2D eigenvalue weighted by Gasteiger charge is 2.19. The van der Waals surface area contributed by atoms with Crippen LogP contribution in [0.5, 0.6) is 5.75 Å². The number of nitrogens with one attached hydrogen (secondary N) is 1. The number of halogens is 1. The zero-order valence-corrected chi connectivity index (χ0v) is 13.8. The van der Waals surface area contributed by atoms with E-state index in [1.54, 1.807) is 12.1 Å². The molecule has 21 heavy (non-hydrogen) atoms. The second-order valence-electron chi connectivity index (χ2n) is 4.68. The minimum atomic E-state index is -0.380. The van der Waals surface area contributed by atoms with E-state index in [-0.39, 0.29) is 34.7 Å². The smallest absolute Gasteiger partial charge is 0.222 e. The van der Waals surface area contributed by atoms with Crippen LogP contribution >= 0.6 is 22.6 Å². The standard InChI is InChI=1S/C14H21IN2O4/c15-13(10-2-4-11(19)5-3-10)8-12(21-16)9-14(20)17-6-1-7-18/h2-5,12-13,18-19H,1,6-9,16H2,(H,17,20). The summed E-state index contributed by atoms with van der Waals surface area (Å²) in [5, 5.41) is 20.6. The monoisotopic (exact) mass is 408 g/mol. The fraction of sp³-hybridized carbons (Fsp3) is 0.500. The van der Waals surface area contributed by atoms with E-state index in [2.05, 4.69) is 27.9 Å². The molecule has 0 aliphatic heterocycles. The summed E-state index contributed by atoms with van der Waals surface area (Å²) in [7, 11) is 0. The van der Waals surface area contributed by atoms with Crippen molar-refractivity contribution in [2.24, 2.45) is 5.90 Å². The Labute approximate surface area is 137 Å². The molecule has 7 heteroatoms. The van der Waals surface area contributed by atoms with Crippen LogP contribution < -0.4 is 11.2 Å². The number of rotatable bonds is 9. The van der Waals surface area contributed by atoms with Gasteiger partial charge in [0.05, 0.1) is 12.5 Å². The van der Waals surface area contributed by atoms with Crippen molar-refractivity contribution in [3.05, 3.63) is 29.8 Å². The molecule has 0 radical (unpaired) electrons. The number of hydrogen-bond donors (Lipinski definition) is 4. The Morgan fingerprint density at radius 2 is 2.05 bits per heavy atom. The number of phenols is 1. The molecule has 0 aromatic heterocycles. The highest BCUT2D eigenvalue weighted by Crippen LogP contribution is 2.30. The van der Waals surface area contributed by atoms with E-state index in [0.717, 1.165) is 5.56 Å². The number of nitrogens with two attached hydrogens (primary N) is 1. The lowest BCUT2D eigenvalue weighted by Gasteiger charge is -2.18. The Hall–Kier alpha value is -0.900. The summed E-state index contributed by atoms with van der Waals surface area (Å²) in [6.07, 6.45) is 0.923. The van der Waals surface area contributed by atoms with Crippen molar-refractivity contribution >= 4 is 28.5 Å². The number of aliphatic hydroxyl groups excluding tert-OH is 1. The SMILES string of the molecule is NOC(CC(=O)NCCCO)CC(I)c1ccc(O)cc1. The van der Waals surface area contributed by atoms with Crippen LogP contribution in [0, 0.1) is 0 Å². The summed E-state index contributed by atoms with van der Waals surface area (Å²) in [5.41, 5.74) is 1.04. The molecule has 1 aromatic rings. The van der Waals surface area contributed by atoms with Gasteiger partial charge in [0, 0.05) is 17.1 Å². The van der Waals surface area contributed by atoms with Crippen molar-refractivity contribution in [2.75, 3.05) is 13.2 Å². The molecule has 0 spiro atoms. The van der Waals surface area contributed by atoms with E-state index in [0.29, 0.717) is 19.4 Å². The molecule has 2 atom stereocenters. The van der Waals surface area contributed by atoms with Crippen LogP contribution in [0.3, 0.4) is 0 Å². The Bertz CT molecular complexity index is 427. The number of alkyl halides is 1. The van der Waals surface area contributed by atoms with Gasteiger partial charge in [-0.05, 0) is 30.5 Å². The molecular weight excluding hydrogens is 387 g/mol. The molecule has 5 N–H and O–H groups in total. The third-order valence-electron chi connectivity index (χ3n) is 2.99. The van der Waals surface area contributed by atoms with Gasteiger partial charge in [0.2, 0.25) is 5.91 Å². The van der Waals surface area contributed by atoms with Crippen molar-refractivity contribution in [1.29, 1.82) is 0 Å². The number of benzene rings is 1. The van der Waals surface area contributed by atoms with Crippen LogP contribution in [0.4, 0.5) is 0 Å². The predicted molar refractivity (Wildman–Crippen MR) is 87.9 cm³/mol. The maximum atomic E-state index is 11.7. The Morgan fingerprint density at radius 3 is 2.62 bits per heavy atom. The Morgan fingerprint density at radius 1 is 1.38 bits per heavy atom. The summed E-state index contributed by atoms with van der Waals surface area (Å²) >= 11 is 2.26. The van der Waals surface area contributed by atoms with Crippen LogP contribution in [-0.4, -0.2) is 35.4 Å². The predicted octanol–water partition coefficient (Wildman–Crippen LogP) is 1.41. The minimum absolute atomic E-state index is 0.0494. The van der Waals surface area contributed by atoms with E-state index in [4.69, 9.17) is 15.8 Å². The van der Waals surface area contributed by atoms with E-state index >= 15 is 0 Å². The molecule has 2 unspecified atom stereocenters. The zero-order chi connectivity index (χ0) is 15.7. The third kappa shape index (κ3) is 7.07. The normalized spacial score (nSPS) is 13.7. The molecular formula is C14H21IN2O4. The molecule has 6 nitrogen and oxygen atoms in total. The lowest BCUT2D eigenvalue weighted by Crippen LogP contribution is -2.31. The molecule has 0 aliphatic carbocycles. The van der Waals surface area contributed by atoms with Crippen LogP contribution in [0.2, 0.25) is 0 Å². The summed E-state index contributed by atoms with van der Waals surface area (Å²) in [6.45, 7) is 0.492. The first kappa shape index (κ1) is 18.1. The first-order chi connectivity index (χ1) is 10.1. The number of amides is 1. The van der Waals surface area contributed by atoms with Gasteiger partial charge in [0.1, 0.15) is 5.75 Å². The number of carbonyl (C=O) groups is 1. The van der Waals surface area contributed by atoms with E-state index in [9.17, 15) is 9.90 Å². The maximum absolute atomic E-state index is 11.7. The van der Waals surface area contributed by atoms with Gasteiger partial charge in [-0.25, -0.2) is 5.90 Å². The highest BCUT2D eigenvalue weighted by molar-refractivity contribution is 14.1. The summed E-state index contributed by atoms with van der Waals surface area (Å²) < 4.78 is 0.127. The average Bonchev–Trinajstić information content (AvgIpc) is 2.47. The molecule has 0 bridgehead atoms. The van der Waals surface area contributed by atoms with Gasteiger partial charge in [0.15, 0.2) is 0 Å². The molecule has 1 aromatic carbocycles. The van der Waals surface area contributed by atoms with Crippen LogP contribution in [-0.2, 0) is 9.63 Å². The number of hydrogen-bond acceptors (Lipinski definition) is 5. The van der Waals surface area contributed by atoms with Gasteiger partial charge in [-0.3, -0.25) is 4.79 Å². The third-order valence-corrected chi connectivity index (χ3v) is 4.21. The molecule has 0 heterocycles. The molecule has 1 rings (SSSR count). The molecule has 0 saturated carbocycles. The topological polar surface area (TPSA) is 105 Å².